The molecule has 2 rings (SSSR count). The van der Waals surface area contributed by atoms with Crippen molar-refractivity contribution in [2.24, 2.45) is 0 Å². The summed E-state index contributed by atoms with van der Waals surface area (Å²) in [5.74, 6) is 0. The highest BCUT2D eigenvalue weighted by Crippen LogP contribution is 2.27. The molecule has 1 unspecified atom stereocenters. The molecule has 1 heterocycles. The monoisotopic (exact) mass is 197 g/mol. The van der Waals surface area contributed by atoms with Gasteiger partial charge in [0.25, 0.3) is 0 Å². The molecule has 0 fully saturated rings. The lowest BCUT2D eigenvalue weighted by molar-refractivity contribution is 0.471. The predicted octanol–water partition coefficient (Wildman–Crippen LogP) is 1.19. The first-order valence-electron chi connectivity index (χ1n) is 4.77. The zero-order valence-electron chi connectivity index (χ0n) is 7.84. The van der Waals surface area contributed by atoms with E-state index in [-0.39, 0.29) is 0 Å². The minimum absolute atomic E-state index is 0.636. The summed E-state index contributed by atoms with van der Waals surface area (Å²) < 4.78 is 0. The number of likely N-dealkylation sites (N-methyl/N-ethyl adjacent to an activating group) is 1. The molecule has 0 aliphatic heterocycles. The average Bonchev–Trinajstić information content (AvgIpc) is 2.44. The summed E-state index contributed by atoms with van der Waals surface area (Å²) in [6, 6.07) is 0.636. The van der Waals surface area contributed by atoms with Crippen molar-refractivity contribution in [3.8, 4) is 0 Å². The molecule has 0 aromatic carbocycles. The van der Waals surface area contributed by atoms with Gasteiger partial charge in [-0.25, -0.2) is 4.98 Å². The summed E-state index contributed by atoms with van der Waals surface area (Å²) >= 11 is 1.65. The molecule has 72 valence electrons. The quantitative estimate of drug-likeness (QED) is 0.749. The van der Waals surface area contributed by atoms with Gasteiger partial charge in [0.2, 0.25) is 0 Å². The Bertz CT molecular complexity index is 295. The highest BCUT2D eigenvalue weighted by atomic mass is 32.1. The molecular formula is C9H15N3S. The molecule has 4 heteroatoms. The second-order valence-corrected chi connectivity index (χ2v) is 4.53. The third-order valence-electron chi connectivity index (χ3n) is 2.45. The lowest BCUT2D eigenvalue weighted by Gasteiger charge is -2.21. The normalized spacial score (nSPS) is 21.5. The van der Waals surface area contributed by atoms with Crippen LogP contribution in [0.5, 0.6) is 0 Å². The number of rotatable bonds is 2. The van der Waals surface area contributed by atoms with Crippen LogP contribution in [-0.4, -0.2) is 17.6 Å². The van der Waals surface area contributed by atoms with Gasteiger partial charge in [-0.15, -0.1) is 11.3 Å². The zero-order chi connectivity index (χ0) is 9.26. The SMILES string of the molecule is CCNC1CCc2nc(N)sc2C1. The van der Waals surface area contributed by atoms with E-state index in [1.807, 2.05) is 0 Å². The Kier molecular flexibility index (Phi) is 2.51. The van der Waals surface area contributed by atoms with Crippen LogP contribution in [0.15, 0.2) is 0 Å². The van der Waals surface area contributed by atoms with E-state index in [1.54, 1.807) is 11.3 Å². The maximum atomic E-state index is 5.66. The summed E-state index contributed by atoms with van der Waals surface area (Å²) in [6.45, 7) is 3.20. The first-order chi connectivity index (χ1) is 6.29. The molecule has 0 saturated heterocycles. The Morgan fingerprint density at radius 1 is 1.69 bits per heavy atom. The minimum Gasteiger partial charge on any atom is -0.375 e. The lowest BCUT2D eigenvalue weighted by atomic mass is 9.98. The molecule has 1 aliphatic rings. The van der Waals surface area contributed by atoms with Gasteiger partial charge in [0.1, 0.15) is 0 Å². The van der Waals surface area contributed by atoms with Crippen molar-refractivity contribution in [1.82, 2.24) is 10.3 Å². The standard InChI is InChI=1S/C9H15N3S/c1-2-11-6-3-4-7-8(5-6)13-9(10)12-7/h6,11H,2-5H2,1H3,(H2,10,12). The molecule has 3 nitrogen and oxygen atoms in total. The van der Waals surface area contributed by atoms with Gasteiger partial charge in [0.05, 0.1) is 5.69 Å². The number of anilines is 1. The Morgan fingerprint density at radius 2 is 2.54 bits per heavy atom. The summed E-state index contributed by atoms with van der Waals surface area (Å²) in [6.07, 6.45) is 3.39. The topological polar surface area (TPSA) is 50.9 Å². The molecule has 0 saturated carbocycles. The van der Waals surface area contributed by atoms with Crippen molar-refractivity contribution >= 4 is 16.5 Å². The van der Waals surface area contributed by atoms with E-state index < -0.39 is 0 Å². The first-order valence-corrected chi connectivity index (χ1v) is 5.58. The number of hydrogen-bond donors (Lipinski definition) is 2. The third-order valence-corrected chi connectivity index (χ3v) is 3.40. The van der Waals surface area contributed by atoms with Crippen LogP contribution in [0.3, 0.4) is 0 Å². The maximum Gasteiger partial charge on any atom is 0.180 e. The fraction of sp³-hybridized carbons (Fsp3) is 0.667. The van der Waals surface area contributed by atoms with Gasteiger partial charge < -0.3 is 11.1 Å². The summed E-state index contributed by atoms with van der Waals surface area (Å²) in [5, 5.41) is 4.20. The van der Waals surface area contributed by atoms with Crippen LogP contribution < -0.4 is 11.1 Å². The van der Waals surface area contributed by atoms with Crippen LogP contribution in [0.25, 0.3) is 0 Å². The predicted molar refractivity (Wildman–Crippen MR) is 56.0 cm³/mol. The van der Waals surface area contributed by atoms with Crippen molar-refractivity contribution in [3.05, 3.63) is 10.6 Å². The molecule has 0 spiro atoms. The second kappa shape index (κ2) is 3.64. The summed E-state index contributed by atoms with van der Waals surface area (Å²) in [4.78, 5) is 5.70. The fourth-order valence-electron chi connectivity index (χ4n) is 1.86. The van der Waals surface area contributed by atoms with E-state index in [2.05, 4.69) is 17.2 Å². The molecule has 1 aromatic rings. The molecule has 1 aliphatic carbocycles. The van der Waals surface area contributed by atoms with Gasteiger partial charge >= 0.3 is 0 Å². The molecule has 3 N–H and O–H groups in total. The zero-order valence-corrected chi connectivity index (χ0v) is 8.66. The van der Waals surface area contributed by atoms with E-state index in [4.69, 9.17) is 5.73 Å². The number of nitrogens with two attached hydrogens (primary N) is 1. The molecule has 0 bridgehead atoms. The Hall–Kier alpha value is -0.610. The molecule has 0 radical (unpaired) electrons. The smallest absolute Gasteiger partial charge is 0.180 e. The number of aryl methyl sites for hydroxylation is 1. The minimum atomic E-state index is 0.636. The van der Waals surface area contributed by atoms with Gasteiger partial charge in [-0.05, 0) is 25.8 Å². The molecule has 13 heavy (non-hydrogen) atoms. The number of hydrogen-bond acceptors (Lipinski definition) is 4. The van der Waals surface area contributed by atoms with Gasteiger partial charge in [-0.2, -0.15) is 0 Å². The third kappa shape index (κ3) is 1.84. The van der Waals surface area contributed by atoms with Gasteiger partial charge in [-0.3, -0.25) is 0 Å². The number of thiazole rings is 1. The van der Waals surface area contributed by atoms with Gasteiger partial charge in [0, 0.05) is 10.9 Å². The Balaban J connectivity index is 2.10. The van der Waals surface area contributed by atoms with E-state index in [9.17, 15) is 0 Å². The number of nitrogens with zero attached hydrogens (tertiary/aromatic N) is 1. The van der Waals surface area contributed by atoms with Crippen LogP contribution in [0, 0.1) is 0 Å². The number of fused-ring (bicyclic) bond motifs is 1. The van der Waals surface area contributed by atoms with Crippen molar-refractivity contribution in [1.29, 1.82) is 0 Å². The maximum absolute atomic E-state index is 5.66. The lowest BCUT2D eigenvalue weighted by Crippen LogP contribution is -2.33. The highest BCUT2D eigenvalue weighted by molar-refractivity contribution is 7.15. The fourth-order valence-corrected chi connectivity index (χ4v) is 2.82. The number of aromatic nitrogens is 1. The summed E-state index contributed by atoms with van der Waals surface area (Å²) in [7, 11) is 0. The van der Waals surface area contributed by atoms with Crippen LogP contribution >= 0.6 is 11.3 Å². The first kappa shape index (κ1) is 8.97. The van der Waals surface area contributed by atoms with Crippen LogP contribution in [0.2, 0.25) is 0 Å². The van der Waals surface area contributed by atoms with Gasteiger partial charge in [0.15, 0.2) is 5.13 Å². The van der Waals surface area contributed by atoms with Crippen LogP contribution in [-0.2, 0) is 12.8 Å². The van der Waals surface area contributed by atoms with E-state index in [0.717, 1.165) is 24.5 Å². The Morgan fingerprint density at radius 3 is 3.31 bits per heavy atom. The molecule has 1 atom stereocenters. The largest absolute Gasteiger partial charge is 0.375 e. The number of nitrogens with one attached hydrogen (secondary N) is 1. The van der Waals surface area contributed by atoms with Crippen molar-refractivity contribution in [2.45, 2.75) is 32.2 Å². The second-order valence-electron chi connectivity index (χ2n) is 3.42. The highest BCUT2D eigenvalue weighted by Gasteiger charge is 2.20. The van der Waals surface area contributed by atoms with Crippen molar-refractivity contribution in [3.63, 3.8) is 0 Å². The van der Waals surface area contributed by atoms with Crippen molar-refractivity contribution in [2.75, 3.05) is 12.3 Å². The van der Waals surface area contributed by atoms with E-state index in [1.165, 1.54) is 17.0 Å². The molecular weight excluding hydrogens is 182 g/mol. The van der Waals surface area contributed by atoms with E-state index >= 15 is 0 Å². The van der Waals surface area contributed by atoms with Crippen LogP contribution in [0.4, 0.5) is 5.13 Å². The molecule has 1 aromatic heterocycles. The van der Waals surface area contributed by atoms with Crippen molar-refractivity contribution < 1.29 is 0 Å². The average molecular weight is 197 g/mol. The van der Waals surface area contributed by atoms with Crippen LogP contribution in [0.1, 0.15) is 23.9 Å². The molecule has 0 amide bonds. The number of nitrogen functional groups attached to an aromatic ring is 1. The summed E-state index contributed by atoms with van der Waals surface area (Å²) in [5.41, 5.74) is 6.90. The van der Waals surface area contributed by atoms with E-state index in [0.29, 0.717) is 6.04 Å². The Labute approximate surface area is 82.4 Å². The van der Waals surface area contributed by atoms with Gasteiger partial charge in [-0.1, -0.05) is 6.92 Å².